The second-order valence-corrected chi connectivity index (χ2v) is 8.93. The normalized spacial score (nSPS) is 15.6. The van der Waals surface area contributed by atoms with E-state index in [9.17, 15) is 9.18 Å². The average Bonchev–Trinajstić information content (AvgIpc) is 2.72. The number of nitrogens with one attached hydrogen (secondary N) is 3. The lowest BCUT2D eigenvalue weighted by atomic mass is 9.96. The Labute approximate surface area is 209 Å². The standard InChI is InChI=1S/C23H38FN5O2.HI/c1-6-25-22(27-12-11-26-21(30)23(2,3)4)28-18-9-13-29(14-10-18)16-17-7-8-20(31-5)19(24)15-17;/h7-8,15,18H,6,9-14,16H2,1-5H3,(H,26,30)(H2,25,27,28);1H. The Morgan fingerprint density at radius 1 is 1.25 bits per heavy atom. The minimum absolute atomic E-state index is 0. The number of likely N-dealkylation sites (tertiary alicyclic amines) is 1. The van der Waals surface area contributed by atoms with Crippen LogP contribution in [0.1, 0.15) is 46.1 Å². The summed E-state index contributed by atoms with van der Waals surface area (Å²) >= 11 is 0. The van der Waals surface area contributed by atoms with E-state index in [0.29, 0.717) is 19.1 Å². The summed E-state index contributed by atoms with van der Waals surface area (Å²) in [6.07, 6.45) is 1.98. The summed E-state index contributed by atoms with van der Waals surface area (Å²) in [5.41, 5.74) is 0.565. The summed E-state index contributed by atoms with van der Waals surface area (Å²) in [5, 5.41) is 9.70. The van der Waals surface area contributed by atoms with Gasteiger partial charge in [-0.15, -0.1) is 24.0 Å². The number of carbonyl (C=O) groups excluding carboxylic acids is 1. The van der Waals surface area contributed by atoms with E-state index in [1.54, 1.807) is 12.1 Å². The highest BCUT2D eigenvalue weighted by molar-refractivity contribution is 14.0. The second kappa shape index (κ2) is 13.8. The number of amides is 1. The van der Waals surface area contributed by atoms with E-state index in [2.05, 4.69) is 25.8 Å². The van der Waals surface area contributed by atoms with Crippen molar-refractivity contribution in [2.45, 2.75) is 53.1 Å². The van der Waals surface area contributed by atoms with Crippen molar-refractivity contribution in [1.29, 1.82) is 0 Å². The fourth-order valence-corrected chi connectivity index (χ4v) is 3.42. The van der Waals surface area contributed by atoms with Crippen LogP contribution in [0.5, 0.6) is 5.75 Å². The van der Waals surface area contributed by atoms with Crippen molar-refractivity contribution in [1.82, 2.24) is 20.9 Å². The number of piperidine rings is 1. The average molecular weight is 564 g/mol. The molecule has 1 aromatic rings. The van der Waals surface area contributed by atoms with Gasteiger partial charge in [-0.05, 0) is 37.5 Å². The number of hydrogen-bond acceptors (Lipinski definition) is 4. The van der Waals surface area contributed by atoms with Gasteiger partial charge in [-0.25, -0.2) is 4.39 Å². The summed E-state index contributed by atoms with van der Waals surface area (Å²) < 4.78 is 18.9. The molecule has 1 aromatic carbocycles. The molecule has 3 N–H and O–H groups in total. The third-order valence-corrected chi connectivity index (χ3v) is 5.24. The fraction of sp³-hybridized carbons (Fsp3) is 0.652. The quantitative estimate of drug-likeness (QED) is 0.196. The van der Waals surface area contributed by atoms with Crippen LogP contribution in [-0.4, -0.2) is 62.6 Å². The van der Waals surface area contributed by atoms with E-state index in [1.165, 1.54) is 7.11 Å². The van der Waals surface area contributed by atoms with E-state index in [4.69, 9.17) is 4.74 Å². The highest BCUT2D eigenvalue weighted by Gasteiger charge is 2.21. The van der Waals surface area contributed by atoms with Gasteiger partial charge < -0.3 is 20.7 Å². The summed E-state index contributed by atoms with van der Waals surface area (Å²) in [4.78, 5) is 18.9. The number of ether oxygens (including phenoxy) is 1. The summed E-state index contributed by atoms with van der Waals surface area (Å²) in [6, 6.07) is 5.49. The first-order valence-electron chi connectivity index (χ1n) is 11.1. The van der Waals surface area contributed by atoms with Crippen molar-refractivity contribution >= 4 is 35.8 Å². The molecule has 0 aromatic heterocycles. The molecular weight excluding hydrogens is 524 g/mol. The monoisotopic (exact) mass is 563 g/mol. The van der Waals surface area contributed by atoms with E-state index in [0.717, 1.165) is 50.5 Å². The number of halogens is 2. The second-order valence-electron chi connectivity index (χ2n) is 8.93. The maximum Gasteiger partial charge on any atom is 0.225 e. The lowest BCUT2D eigenvalue weighted by Crippen LogP contribution is -2.48. The Balaban J connectivity index is 0.00000512. The Morgan fingerprint density at radius 3 is 2.50 bits per heavy atom. The third-order valence-electron chi connectivity index (χ3n) is 5.24. The van der Waals surface area contributed by atoms with Crippen molar-refractivity contribution in [2.24, 2.45) is 10.4 Å². The molecule has 0 bridgehead atoms. The van der Waals surface area contributed by atoms with Crippen molar-refractivity contribution < 1.29 is 13.9 Å². The van der Waals surface area contributed by atoms with Gasteiger partial charge in [-0.3, -0.25) is 14.7 Å². The highest BCUT2D eigenvalue weighted by Crippen LogP contribution is 2.20. The maximum atomic E-state index is 13.9. The Morgan fingerprint density at radius 2 is 1.94 bits per heavy atom. The van der Waals surface area contributed by atoms with Gasteiger partial charge in [0.1, 0.15) is 0 Å². The van der Waals surface area contributed by atoms with Crippen LogP contribution >= 0.6 is 24.0 Å². The van der Waals surface area contributed by atoms with E-state index in [-0.39, 0.29) is 41.5 Å². The first-order valence-corrected chi connectivity index (χ1v) is 11.1. The van der Waals surface area contributed by atoms with E-state index >= 15 is 0 Å². The molecule has 0 spiro atoms. The highest BCUT2D eigenvalue weighted by atomic mass is 127. The topological polar surface area (TPSA) is 78.0 Å². The van der Waals surface area contributed by atoms with Crippen LogP contribution in [0.25, 0.3) is 0 Å². The van der Waals surface area contributed by atoms with Crippen LogP contribution in [0, 0.1) is 11.2 Å². The molecule has 1 heterocycles. The van der Waals surface area contributed by atoms with Crippen LogP contribution in [-0.2, 0) is 11.3 Å². The van der Waals surface area contributed by atoms with Crippen molar-refractivity contribution in [3.05, 3.63) is 29.6 Å². The van der Waals surface area contributed by atoms with E-state index in [1.807, 2.05) is 33.8 Å². The Bertz CT molecular complexity index is 746. The van der Waals surface area contributed by atoms with Crippen molar-refractivity contribution in [3.8, 4) is 5.75 Å². The minimum atomic E-state index is -0.391. The van der Waals surface area contributed by atoms with Crippen LogP contribution < -0.4 is 20.7 Å². The number of guanidine groups is 1. The molecule has 1 aliphatic rings. The van der Waals surface area contributed by atoms with Gasteiger partial charge in [0.15, 0.2) is 17.5 Å². The number of nitrogens with zero attached hydrogens (tertiary/aromatic N) is 2. The minimum Gasteiger partial charge on any atom is -0.494 e. The predicted octanol–water partition coefficient (Wildman–Crippen LogP) is 3.13. The molecule has 1 fully saturated rings. The van der Waals surface area contributed by atoms with E-state index < -0.39 is 5.41 Å². The van der Waals surface area contributed by atoms with Gasteiger partial charge in [-0.1, -0.05) is 26.8 Å². The summed E-state index contributed by atoms with van der Waals surface area (Å²) in [6.45, 7) is 12.2. The fourth-order valence-electron chi connectivity index (χ4n) is 3.42. The van der Waals surface area contributed by atoms with Gasteiger partial charge >= 0.3 is 0 Å². The number of aliphatic imine (C=N–C) groups is 1. The molecule has 0 atom stereocenters. The SMILES string of the molecule is CCNC(=NCCNC(=O)C(C)(C)C)NC1CCN(Cc2ccc(OC)c(F)c2)CC1.I. The zero-order chi connectivity index (χ0) is 22.9. The molecule has 0 unspecified atom stereocenters. The Hall–Kier alpha value is -1.62. The predicted molar refractivity (Wildman–Crippen MR) is 138 cm³/mol. The number of rotatable bonds is 8. The molecule has 7 nitrogen and oxygen atoms in total. The van der Waals surface area contributed by atoms with Gasteiger partial charge in [-0.2, -0.15) is 0 Å². The summed E-state index contributed by atoms with van der Waals surface area (Å²) in [7, 11) is 1.47. The molecule has 0 radical (unpaired) electrons. The van der Waals surface area contributed by atoms with Crippen molar-refractivity contribution in [3.63, 3.8) is 0 Å². The van der Waals surface area contributed by atoms with Gasteiger partial charge in [0.05, 0.1) is 13.7 Å². The maximum absolute atomic E-state index is 13.9. The molecule has 32 heavy (non-hydrogen) atoms. The zero-order valence-corrected chi connectivity index (χ0v) is 22.3. The van der Waals surface area contributed by atoms with Gasteiger partial charge in [0.2, 0.25) is 5.91 Å². The molecule has 1 aliphatic heterocycles. The van der Waals surface area contributed by atoms with Crippen molar-refractivity contribution in [2.75, 3.05) is 39.8 Å². The first-order chi connectivity index (χ1) is 14.7. The number of carbonyl (C=O) groups is 1. The van der Waals surface area contributed by atoms with Gasteiger partial charge in [0.25, 0.3) is 0 Å². The molecule has 1 saturated heterocycles. The molecule has 0 saturated carbocycles. The molecule has 0 aliphatic carbocycles. The van der Waals surface area contributed by atoms with Crippen LogP contribution in [0.4, 0.5) is 4.39 Å². The van der Waals surface area contributed by atoms with Gasteiger partial charge in [0, 0.05) is 44.2 Å². The Kier molecular flexibility index (Phi) is 12.3. The molecule has 9 heteroatoms. The van der Waals surface area contributed by atoms with Crippen LogP contribution in [0.2, 0.25) is 0 Å². The lowest BCUT2D eigenvalue weighted by Gasteiger charge is -2.33. The molecule has 1 amide bonds. The first kappa shape index (κ1) is 28.4. The molecule has 2 rings (SSSR count). The van der Waals surface area contributed by atoms with Crippen LogP contribution in [0.3, 0.4) is 0 Å². The number of hydrogen-bond donors (Lipinski definition) is 3. The molecule has 182 valence electrons. The molecular formula is C23H39FIN5O2. The summed E-state index contributed by atoms with van der Waals surface area (Å²) in [5.74, 6) is 0.773. The number of benzene rings is 1. The van der Waals surface area contributed by atoms with Crippen LogP contribution in [0.15, 0.2) is 23.2 Å². The smallest absolute Gasteiger partial charge is 0.225 e. The third kappa shape index (κ3) is 9.48. The zero-order valence-electron chi connectivity index (χ0n) is 20.0. The largest absolute Gasteiger partial charge is 0.494 e. The lowest BCUT2D eigenvalue weighted by molar-refractivity contribution is -0.128. The number of methoxy groups -OCH3 is 1.